The standard InChI is InChI=1S/C13H18BrN3O2/c1-18-9-6-17(7-10(9)19-2)12-5-11(14)15-13(16-12)8-3-4-8/h5,8-10H,3-4,6-7H2,1-2H3. The predicted molar refractivity (Wildman–Crippen MR) is 75.5 cm³/mol. The fraction of sp³-hybridized carbons (Fsp3) is 0.692. The fourth-order valence-corrected chi connectivity index (χ4v) is 2.88. The van der Waals surface area contributed by atoms with E-state index in [0.29, 0.717) is 5.92 Å². The van der Waals surface area contributed by atoms with Gasteiger partial charge in [0, 0.05) is 39.3 Å². The van der Waals surface area contributed by atoms with E-state index in [4.69, 9.17) is 9.47 Å². The van der Waals surface area contributed by atoms with Crippen LogP contribution in [0.4, 0.5) is 5.82 Å². The molecule has 19 heavy (non-hydrogen) atoms. The average Bonchev–Trinajstić information content (AvgIpc) is 3.17. The van der Waals surface area contributed by atoms with E-state index in [-0.39, 0.29) is 12.2 Å². The smallest absolute Gasteiger partial charge is 0.135 e. The van der Waals surface area contributed by atoms with Crippen LogP contribution >= 0.6 is 15.9 Å². The third kappa shape index (κ3) is 2.75. The lowest BCUT2D eigenvalue weighted by Gasteiger charge is -2.17. The molecule has 1 aliphatic carbocycles. The van der Waals surface area contributed by atoms with Crippen molar-refractivity contribution in [2.45, 2.75) is 31.0 Å². The Balaban J connectivity index is 1.82. The Morgan fingerprint density at radius 2 is 1.79 bits per heavy atom. The van der Waals surface area contributed by atoms with Crippen molar-refractivity contribution in [3.63, 3.8) is 0 Å². The first-order valence-electron chi connectivity index (χ1n) is 6.56. The average molecular weight is 328 g/mol. The first-order valence-corrected chi connectivity index (χ1v) is 7.35. The summed E-state index contributed by atoms with van der Waals surface area (Å²) in [5.41, 5.74) is 0. The van der Waals surface area contributed by atoms with Crippen LogP contribution in [0.3, 0.4) is 0 Å². The molecule has 2 heterocycles. The van der Waals surface area contributed by atoms with Crippen LogP contribution in [0.5, 0.6) is 0 Å². The molecule has 0 amide bonds. The van der Waals surface area contributed by atoms with Gasteiger partial charge in [0.15, 0.2) is 0 Å². The van der Waals surface area contributed by atoms with Crippen molar-refractivity contribution < 1.29 is 9.47 Å². The molecule has 2 fully saturated rings. The minimum atomic E-state index is 0.100. The Kier molecular flexibility index (Phi) is 3.73. The molecule has 6 heteroatoms. The van der Waals surface area contributed by atoms with E-state index in [0.717, 1.165) is 29.3 Å². The summed E-state index contributed by atoms with van der Waals surface area (Å²) in [5.74, 6) is 2.47. The molecule has 0 aromatic carbocycles. The van der Waals surface area contributed by atoms with E-state index >= 15 is 0 Å². The van der Waals surface area contributed by atoms with Gasteiger partial charge in [0.25, 0.3) is 0 Å². The number of hydrogen-bond donors (Lipinski definition) is 0. The van der Waals surface area contributed by atoms with Crippen LogP contribution in [0.25, 0.3) is 0 Å². The van der Waals surface area contributed by atoms with Gasteiger partial charge in [0.2, 0.25) is 0 Å². The molecule has 2 unspecified atom stereocenters. The van der Waals surface area contributed by atoms with Gasteiger partial charge in [-0.15, -0.1) is 0 Å². The molecule has 1 saturated heterocycles. The molecule has 0 spiro atoms. The van der Waals surface area contributed by atoms with E-state index in [2.05, 4.69) is 30.8 Å². The minimum absolute atomic E-state index is 0.100. The number of hydrogen-bond acceptors (Lipinski definition) is 5. The topological polar surface area (TPSA) is 47.5 Å². The number of nitrogens with zero attached hydrogens (tertiary/aromatic N) is 3. The lowest BCUT2D eigenvalue weighted by Crippen LogP contribution is -2.27. The number of anilines is 1. The molecule has 0 bridgehead atoms. The summed E-state index contributed by atoms with van der Waals surface area (Å²) >= 11 is 3.48. The second-order valence-corrected chi connectivity index (χ2v) is 5.95. The van der Waals surface area contributed by atoms with E-state index in [9.17, 15) is 0 Å². The molecule has 5 nitrogen and oxygen atoms in total. The van der Waals surface area contributed by atoms with Crippen LogP contribution in [0, 0.1) is 0 Å². The van der Waals surface area contributed by atoms with Gasteiger partial charge in [-0.1, -0.05) is 0 Å². The molecule has 2 atom stereocenters. The summed E-state index contributed by atoms with van der Waals surface area (Å²) in [7, 11) is 3.46. The third-order valence-electron chi connectivity index (χ3n) is 3.79. The zero-order valence-corrected chi connectivity index (χ0v) is 12.8. The van der Waals surface area contributed by atoms with Crippen LogP contribution in [0.2, 0.25) is 0 Å². The van der Waals surface area contributed by atoms with Gasteiger partial charge in [0.05, 0.1) is 0 Å². The Morgan fingerprint density at radius 1 is 1.16 bits per heavy atom. The van der Waals surface area contributed by atoms with Crippen LogP contribution in [0.15, 0.2) is 10.7 Å². The number of ether oxygens (including phenoxy) is 2. The molecular weight excluding hydrogens is 310 g/mol. The van der Waals surface area contributed by atoms with Gasteiger partial charge in [-0.3, -0.25) is 0 Å². The number of halogens is 1. The maximum atomic E-state index is 5.46. The van der Waals surface area contributed by atoms with Crippen molar-refractivity contribution in [1.29, 1.82) is 0 Å². The summed E-state index contributed by atoms with van der Waals surface area (Å²) in [6, 6.07) is 1.97. The second kappa shape index (κ2) is 5.34. The van der Waals surface area contributed by atoms with Crippen LogP contribution < -0.4 is 4.90 Å². The van der Waals surface area contributed by atoms with Crippen LogP contribution in [-0.2, 0) is 9.47 Å². The fourth-order valence-electron chi connectivity index (χ4n) is 2.49. The Bertz CT molecular complexity index is 455. The lowest BCUT2D eigenvalue weighted by atomic mass is 10.3. The largest absolute Gasteiger partial charge is 0.377 e. The normalized spacial score (nSPS) is 27.0. The second-order valence-electron chi connectivity index (χ2n) is 5.13. The van der Waals surface area contributed by atoms with Crippen molar-refractivity contribution in [3.8, 4) is 0 Å². The number of rotatable bonds is 4. The molecule has 1 aromatic heterocycles. The van der Waals surface area contributed by atoms with Gasteiger partial charge in [-0.05, 0) is 28.8 Å². The van der Waals surface area contributed by atoms with Crippen molar-refractivity contribution in [3.05, 3.63) is 16.5 Å². The summed E-state index contributed by atoms with van der Waals surface area (Å²) in [6.45, 7) is 1.62. The van der Waals surface area contributed by atoms with Crippen molar-refractivity contribution in [2.75, 3.05) is 32.2 Å². The summed E-state index contributed by atoms with van der Waals surface area (Å²) in [4.78, 5) is 11.4. The first kappa shape index (κ1) is 13.3. The number of methoxy groups -OCH3 is 2. The predicted octanol–water partition coefficient (Wildman–Crippen LogP) is 1.97. The quantitative estimate of drug-likeness (QED) is 0.791. The van der Waals surface area contributed by atoms with Gasteiger partial charge in [0.1, 0.15) is 28.5 Å². The van der Waals surface area contributed by atoms with Gasteiger partial charge < -0.3 is 14.4 Å². The highest BCUT2D eigenvalue weighted by Crippen LogP contribution is 2.39. The first-order chi connectivity index (χ1) is 9.21. The summed E-state index contributed by atoms with van der Waals surface area (Å²) in [6.07, 6.45) is 2.61. The van der Waals surface area contributed by atoms with Crippen LogP contribution in [0.1, 0.15) is 24.6 Å². The molecule has 1 aromatic rings. The SMILES string of the molecule is COC1CN(c2cc(Br)nc(C3CC3)n2)CC1OC. The summed E-state index contributed by atoms with van der Waals surface area (Å²) in [5, 5.41) is 0. The van der Waals surface area contributed by atoms with E-state index in [1.165, 1.54) is 12.8 Å². The van der Waals surface area contributed by atoms with E-state index in [1.807, 2.05) is 6.07 Å². The van der Waals surface area contributed by atoms with Crippen molar-refractivity contribution >= 4 is 21.7 Å². The Hall–Kier alpha value is -0.720. The molecule has 0 radical (unpaired) electrons. The van der Waals surface area contributed by atoms with Crippen molar-refractivity contribution in [2.24, 2.45) is 0 Å². The lowest BCUT2D eigenvalue weighted by molar-refractivity contribution is -0.00461. The number of aromatic nitrogens is 2. The zero-order chi connectivity index (χ0) is 13.4. The Labute approximate surface area is 121 Å². The van der Waals surface area contributed by atoms with E-state index in [1.54, 1.807) is 14.2 Å². The molecule has 104 valence electrons. The summed E-state index contributed by atoms with van der Waals surface area (Å²) < 4.78 is 11.8. The molecule has 2 aliphatic rings. The highest BCUT2D eigenvalue weighted by Gasteiger charge is 2.35. The maximum Gasteiger partial charge on any atom is 0.135 e. The highest BCUT2D eigenvalue weighted by molar-refractivity contribution is 9.10. The molecule has 3 rings (SSSR count). The third-order valence-corrected chi connectivity index (χ3v) is 4.19. The van der Waals surface area contributed by atoms with Gasteiger partial charge in [-0.25, -0.2) is 9.97 Å². The Morgan fingerprint density at radius 3 is 2.32 bits per heavy atom. The minimum Gasteiger partial charge on any atom is -0.377 e. The highest BCUT2D eigenvalue weighted by atomic mass is 79.9. The van der Waals surface area contributed by atoms with Crippen LogP contribution in [-0.4, -0.2) is 49.5 Å². The molecular formula is C13H18BrN3O2. The van der Waals surface area contributed by atoms with Gasteiger partial charge in [-0.2, -0.15) is 0 Å². The zero-order valence-electron chi connectivity index (χ0n) is 11.2. The van der Waals surface area contributed by atoms with E-state index < -0.39 is 0 Å². The van der Waals surface area contributed by atoms with Crippen molar-refractivity contribution in [1.82, 2.24) is 9.97 Å². The van der Waals surface area contributed by atoms with Gasteiger partial charge >= 0.3 is 0 Å². The molecule has 1 aliphatic heterocycles. The molecule has 0 N–H and O–H groups in total. The monoisotopic (exact) mass is 327 g/mol. The molecule has 1 saturated carbocycles. The maximum absolute atomic E-state index is 5.46.